The Kier molecular flexibility index (Phi) is 6.84. The molecule has 1 aromatic heterocycles. The van der Waals surface area contributed by atoms with E-state index in [1.807, 2.05) is 21.1 Å². The van der Waals surface area contributed by atoms with E-state index in [1.54, 1.807) is 37.3 Å². The van der Waals surface area contributed by atoms with Crippen molar-refractivity contribution in [2.75, 3.05) is 19.6 Å². The normalized spacial score (nSPS) is 15.0. The van der Waals surface area contributed by atoms with Crippen molar-refractivity contribution in [1.82, 2.24) is 20.0 Å². The number of hydrogen-bond acceptors (Lipinski definition) is 3. The van der Waals surface area contributed by atoms with Crippen molar-refractivity contribution in [2.24, 2.45) is 5.92 Å². The third-order valence-electron chi connectivity index (χ3n) is 6.14. The van der Waals surface area contributed by atoms with Gasteiger partial charge in [-0.1, -0.05) is 11.6 Å². The largest absolute Gasteiger partial charge is 0.405 e. The molecule has 2 amide bonds. The Hall–Kier alpha value is -3.07. The van der Waals surface area contributed by atoms with Gasteiger partial charge in [-0.15, -0.1) is 0 Å². The fourth-order valence-electron chi connectivity index (χ4n) is 4.25. The molecule has 0 spiro atoms. The smallest absolute Gasteiger partial charge is 0.343 e. The van der Waals surface area contributed by atoms with Gasteiger partial charge in [-0.3, -0.25) is 14.3 Å². The Bertz CT molecular complexity index is 1200. The number of aryl methyl sites for hydroxylation is 1. The van der Waals surface area contributed by atoms with E-state index < -0.39 is 18.6 Å². The van der Waals surface area contributed by atoms with Gasteiger partial charge in [0.05, 0.1) is 5.52 Å². The fraction of sp³-hybridized carbons (Fsp3) is 0.375. The molecule has 0 unspecified atom stereocenters. The van der Waals surface area contributed by atoms with Crippen LogP contribution in [0.4, 0.5) is 13.2 Å². The van der Waals surface area contributed by atoms with Crippen LogP contribution in [0, 0.1) is 12.8 Å². The number of nitrogens with zero attached hydrogens (tertiary/aromatic N) is 3. The average molecular weight is 493 g/mol. The van der Waals surface area contributed by atoms with Gasteiger partial charge in [0.15, 0.2) is 0 Å². The Balaban J connectivity index is 1.38. The predicted molar refractivity (Wildman–Crippen MR) is 123 cm³/mol. The summed E-state index contributed by atoms with van der Waals surface area (Å²) < 4.78 is 39.1. The molecule has 4 rings (SSSR count). The molecule has 0 radical (unpaired) electrons. The second-order valence-corrected chi connectivity index (χ2v) is 9.00. The minimum atomic E-state index is -4.46. The summed E-state index contributed by atoms with van der Waals surface area (Å²) >= 11 is 5.90. The highest BCUT2D eigenvalue weighted by molar-refractivity contribution is 6.30. The number of carbonyl (C=O) groups excluding carboxylic acids is 2. The second-order valence-electron chi connectivity index (χ2n) is 8.56. The molecule has 180 valence electrons. The van der Waals surface area contributed by atoms with Crippen molar-refractivity contribution < 1.29 is 22.8 Å². The van der Waals surface area contributed by atoms with Crippen molar-refractivity contribution >= 4 is 34.3 Å². The number of piperidine rings is 1. The van der Waals surface area contributed by atoms with Crippen molar-refractivity contribution in [3.63, 3.8) is 0 Å². The monoisotopic (exact) mass is 492 g/mol. The van der Waals surface area contributed by atoms with E-state index in [0.29, 0.717) is 47.2 Å². The number of likely N-dealkylation sites (tertiary alicyclic amines) is 1. The van der Waals surface area contributed by atoms with Crippen LogP contribution in [0.25, 0.3) is 10.9 Å². The Morgan fingerprint density at radius 2 is 1.79 bits per heavy atom. The molecule has 10 heteroatoms. The Morgan fingerprint density at radius 3 is 2.44 bits per heavy atom. The molecule has 1 saturated heterocycles. The summed E-state index contributed by atoms with van der Waals surface area (Å²) in [6.45, 7) is 2.29. The number of amides is 2. The molecule has 6 nitrogen and oxygen atoms in total. The Morgan fingerprint density at radius 1 is 1.12 bits per heavy atom. The van der Waals surface area contributed by atoms with Gasteiger partial charge in [0.1, 0.15) is 6.54 Å². The standard InChI is InChI=1S/C24H24ClF3N4O2/c1-15-19(22(33)29-14-24(26,27)28)6-7-21-20(15)13-32(30-21)12-16-8-10-31(11-9-16)23(34)17-2-4-18(25)5-3-17/h2-7,13,16H,8-12,14H2,1H3,(H,29,33). The first-order valence-electron chi connectivity index (χ1n) is 11.0. The maximum absolute atomic E-state index is 12.7. The number of alkyl halides is 3. The molecule has 34 heavy (non-hydrogen) atoms. The molecular formula is C24H24ClF3N4O2. The maximum atomic E-state index is 12.7. The van der Waals surface area contributed by atoms with Crippen LogP contribution in [0.3, 0.4) is 0 Å². The topological polar surface area (TPSA) is 67.2 Å². The molecular weight excluding hydrogens is 469 g/mol. The summed E-state index contributed by atoms with van der Waals surface area (Å²) in [7, 11) is 0. The van der Waals surface area contributed by atoms with E-state index >= 15 is 0 Å². The van der Waals surface area contributed by atoms with Crippen molar-refractivity contribution in [1.29, 1.82) is 0 Å². The first kappa shape index (κ1) is 24.1. The third-order valence-corrected chi connectivity index (χ3v) is 6.39. The molecule has 1 aliphatic heterocycles. The van der Waals surface area contributed by atoms with E-state index in [0.717, 1.165) is 18.2 Å². The molecule has 0 atom stereocenters. The van der Waals surface area contributed by atoms with E-state index in [-0.39, 0.29) is 11.5 Å². The van der Waals surface area contributed by atoms with Crippen LogP contribution in [-0.4, -0.2) is 52.3 Å². The van der Waals surface area contributed by atoms with Crippen LogP contribution >= 0.6 is 11.6 Å². The molecule has 1 aliphatic rings. The summed E-state index contributed by atoms with van der Waals surface area (Å²) in [5, 5.41) is 7.81. The minimum Gasteiger partial charge on any atom is -0.343 e. The minimum absolute atomic E-state index is 0.00750. The number of halogens is 4. The molecule has 0 saturated carbocycles. The number of carbonyl (C=O) groups is 2. The summed E-state index contributed by atoms with van der Waals surface area (Å²) in [5.74, 6) is -0.437. The van der Waals surface area contributed by atoms with Gasteiger partial charge in [-0.05, 0) is 67.6 Å². The van der Waals surface area contributed by atoms with Gasteiger partial charge in [0.2, 0.25) is 0 Å². The molecule has 3 aromatic rings. The van der Waals surface area contributed by atoms with Crippen molar-refractivity contribution in [3.8, 4) is 0 Å². The zero-order valence-corrected chi connectivity index (χ0v) is 19.3. The van der Waals surface area contributed by atoms with Crippen LogP contribution in [0.15, 0.2) is 42.6 Å². The summed E-state index contributed by atoms with van der Waals surface area (Å²) in [4.78, 5) is 26.7. The third kappa shape index (κ3) is 5.52. The number of benzene rings is 2. The zero-order chi connectivity index (χ0) is 24.5. The van der Waals surface area contributed by atoms with E-state index in [9.17, 15) is 22.8 Å². The first-order chi connectivity index (χ1) is 16.1. The van der Waals surface area contributed by atoms with Crippen LogP contribution in [0.5, 0.6) is 0 Å². The first-order valence-corrected chi connectivity index (χ1v) is 11.3. The van der Waals surface area contributed by atoms with E-state index in [1.165, 1.54) is 6.07 Å². The van der Waals surface area contributed by atoms with Gasteiger partial charge in [-0.2, -0.15) is 18.3 Å². The molecule has 1 N–H and O–H groups in total. The zero-order valence-electron chi connectivity index (χ0n) is 18.5. The lowest BCUT2D eigenvalue weighted by Gasteiger charge is -2.32. The van der Waals surface area contributed by atoms with Crippen LogP contribution in [-0.2, 0) is 6.54 Å². The summed E-state index contributed by atoms with van der Waals surface area (Å²) in [6, 6.07) is 10.0. The SMILES string of the molecule is Cc1c(C(=O)NCC(F)(F)F)ccc2nn(CC3CCN(C(=O)c4ccc(Cl)cc4)CC3)cc12. The quantitative estimate of drug-likeness (QED) is 0.554. The number of hydrogen-bond donors (Lipinski definition) is 1. The van der Waals surface area contributed by atoms with E-state index in [4.69, 9.17) is 11.6 Å². The van der Waals surface area contributed by atoms with E-state index in [2.05, 4.69) is 5.10 Å². The van der Waals surface area contributed by atoms with Gasteiger partial charge < -0.3 is 10.2 Å². The number of nitrogens with one attached hydrogen (secondary N) is 1. The maximum Gasteiger partial charge on any atom is 0.405 e. The van der Waals surface area contributed by atoms with Crippen LogP contribution in [0.2, 0.25) is 5.02 Å². The molecule has 1 fully saturated rings. The lowest BCUT2D eigenvalue weighted by atomic mass is 9.96. The fourth-order valence-corrected chi connectivity index (χ4v) is 4.38. The van der Waals surface area contributed by atoms with Crippen molar-refractivity contribution in [3.05, 3.63) is 64.3 Å². The van der Waals surface area contributed by atoms with Gasteiger partial charge >= 0.3 is 6.18 Å². The molecule has 2 aromatic carbocycles. The summed E-state index contributed by atoms with van der Waals surface area (Å²) in [5.41, 5.74) is 2.09. The molecule has 0 bridgehead atoms. The van der Waals surface area contributed by atoms with Gasteiger partial charge in [0.25, 0.3) is 11.8 Å². The number of rotatable bonds is 5. The lowest BCUT2D eigenvalue weighted by molar-refractivity contribution is -0.123. The highest BCUT2D eigenvalue weighted by atomic mass is 35.5. The highest BCUT2D eigenvalue weighted by Gasteiger charge is 2.28. The number of aromatic nitrogens is 2. The van der Waals surface area contributed by atoms with Crippen LogP contribution in [0.1, 0.15) is 39.1 Å². The molecule has 0 aliphatic carbocycles. The average Bonchev–Trinajstić information content (AvgIpc) is 3.21. The highest BCUT2D eigenvalue weighted by Crippen LogP contribution is 2.25. The summed E-state index contributed by atoms with van der Waals surface area (Å²) in [6.07, 6.45) is -0.969. The van der Waals surface area contributed by atoms with Crippen molar-refractivity contribution in [2.45, 2.75) is 32.5 Å². The molecule has 2 heterocycles. The predicted octanol–water partition coefficient (Wildman–Crippen LogP) is 4.84. The van der Waals surface area contributed by atoms with Gasteiger partial charge in [-0.25, -0.2) is 0 Å². The lowest BCUT2D eigenvalue weighted by Crippen LogP contribution is -2.39. The number of fused-ring (bicyclic) bond motifs is 1. The van der Waals surface area contributed by atoms with Gasteiger partial charge in [0, 0.05) is 47.4 Å². The second kappa shape index (κ2) is 9.66. The Labute approximate surface area is 199 Å². The van der Waals surface area contributed by atoms with Crippen LogP contribution < -0.4 is 5.32 Å².